The third-order valence-corrected chi connectivity index (χ3v) is 2.82. The van der Waals surface area contributed by atoms with E-state index in [4.69, 9.17) is 0 Å². The number of aldehydes is 1. The van der Waals surface area contributed by atoms with Crippen LogP contribution in [0.4, 0.5) is 0 Å². The third-order valence-electron chi connectivity index (χ3n) is 0.877. The molecule has 2 heteroatoms. The summed E-state index contributed by atoms with van der Waals surface area (Å²) >= 11 is 0.349. The Morgan fingerprint density at radius 3 is 2.62 bits per heavy atom. The van der Waals surface area contributed by atoms with Crippen LogP contribution in [0.5, 0.6) is 0 Å². The van der Waals surface area contributed by atoms with E-state index in [1.54, 1.807) is 0 Å². The monoisotopic (exact) mass is 174 g/mol. The molecule has 0 fully saturated rings. The second-order valence-electron chi connectivity index (χ2n) is 1.57. The number of aryl methyl sites for hydroxylation is 1. The van der Waals surface area contributed by atoms with Crippen molar-refractivity contribution in [1.82, 2.24) is 0 Å². The standard InChI is InChI=1S/C6H6OSe/c1-5-2-3-6(4-7)8-5/h2-4H,1H3. The quantitative estimate of drug-likeness (QED) is 0.454. The molecule has 1 aromatic heterocycles. The van der Waals surface area contributed by atoms with Crippen LogP contribution in [0.1, 0.15) is 13.7 Å². The zero-order valence-electron chi connectivity index (χ0n) is 4.55. The zero-order chi connectivity index (χ0) is 5.98. The van der Waals surface area contributed by atoms with Crippen LogP contribution in [-0.4, -0.2) is 20.8 Å². The third kappa shape index (κ3) is 1.09. The van der Waals surface area contributed by atoms with Crippen molar-refractivity contribution in [2.75, 3.05) is 0 Å². The van der Waals surface area contributed by atoms with Gasteiger partial charge in [0.25, 0.3) is 0 Å². The van der Waals surface area contributed by atoms with Gasteiger partial charge in [0.05, 0.1) is 0 Å². The van der Waals surface area contributed by atoms with Crippen molar-refractivity contribution < 1.29 is 4.79 Å². The summed E-state index contributed by atoms with van der Waals surface area (Å²) in [7, 11) is 0. The molecule has 0 amide bonds. The molecule has 0 aliphatic carbocycles. The zero-order valence-corrected chi connectivity index (χ0v) is 6.26. The van der Waals surface area contributed by atoms with Gasteiger partial charge in [-0.1, -0.05) is 0 Å². The van der Waals surface area contributed by atoms with Crippen molar-refractivity contribution >= 4 is 20.8 Å². The molecule has 0 N–H and O–H groups in total. The van der Waals surface area contributed by atoms with Gasteiger partial charge in [-0.05, 0) is 0 Å². The molecule has 0 radical (unpaired) electrons. The van der Waals surface area contributed by atoms with Gasteiger partial charge in [0, 0.05) is 0 Å². The van der Waals surface area contributed by atoms with Gasteiger partial charge in [0.15, 0.2) is 0 Å². The first-order valence-electron chi connectivity index (χ1n) is 2.34. The molecule has 0 aliphatic rings. The molecule has 42 valence electrons. The Labute approximate surface area is 54.1 Å². The van der Waals surface area contributed by atoms with Gasteiger partial charge in [0.2, 0.25) is 0 Å². The number of carbonyl (C=O) groups excluding carboxylic acids is 1. The Balaban J connectivity index is 3.00. The molecule has 0 saturated carbocycles. The second kappa shape index (κ2) is 2.29. The number of rotatable bonds is 1. The molecule has 0 spiro atoms. The SMILES string of the molecule is Cc1ccc(C=O)[se]1. The van der Waals surface area contributed by atoms with Gasteiger partial charge >= 0.3 is 53.5 Å². The molecule has 1 aromatic rings. The topological polar surface area (TPSA) is 17.1 Å². The van der Waals surface area contributed by atoms with Crippen LogP contribution >= 0.6 is 0 Å². The first-order chi connectivity index (χ1) is 3.83. The fourth-order valence-electron chi connectivity index (χ4n) is 0.517. The van der Waals surface area contributed by atoms with Gasteiger partial charge < -0.3 is 0 Å². The fraction of sp³-hybridized carbons (Fsp3) is 0.167. The van der Waals surface area contributed by atoms with E-state index in [1.165, 1.54) is 4.44 Å². The normalized spacial score (nSPS) is 9.12. The van der Waals surface area contributed by atoms with E-state index in [-0.39, 0.29) is 0 Å². The molecule has 0 bridgehead atoms. The van der Waals surface area contributed by atoms with Crippen LogP contribution in [0, 0.1) is 6.92 Å². The molecule has 0 saturated heterocycles. The van der Waals surface area contributed by atoms with Crippen molar-refractivity contribution in [3.63, 3.8) is 0 Å². The van der Waals surface area contributed by atoms with Crippen LogP contribution < -0.4 is 0 Å². The van der Waals surface area contributed by atoms with E-state index < -0.39 is 0 Å². The second-order valence-corrected chi connectivity index (χ2v) is 4.33. The molecule has 0 atom stereocenters. The minimum atomic E-state index is 0.349. The molecule has 1 heterocycles. The molecular weight excluding hydrogens is 167 g/mol. The summed E-state index contributed by atoms with van der Waals surface area (Å²) in [6.07, 6.45) is 0.938. The first kappa shape index (κ1) is 5.80. The molecule has 8 heavy (non-hydrogen) atoms. The summed E-state index contributed by atoms with van der Waals surface area (Å²) in [5, 5.41) is 0. The number of hydrogen-bond acceptors (Lipinski definition) is 1. The van der Waals surface area contributed by atoms with Crippen LogP contribution in [0.25, 0.3) is 0 Å². The minimum absolute atomic E-state index is 0.349. The Bertz CT molecular complexity index is 190. The van der Waals surface area contributed by atoms with Crippen LogP contribution in [0.15, 0.2) is 12.1 Å². The molecular formula is C6H6OSe. The molecule has 0 unspecified atom stereocenters. The molecule has 1 rings (SSSR count). The van der Waals surface area contributed by atoms with E-state index in [2.05, 4.69) is 0 Å². The van der Waals surface area contributed by atoms with E-state index in [1.807, 2.05) is 19.1 Å². The Kier molecular flexibility index (Phi) is 1.66. The van der Waals surface area contributed by atoms with Gasteiger partial charge in [-0.3, -0.25) is 0 Å². The summed E-state index contributed by atoms with van der Waals surface area (Å²) in [5.41, 5.74) is 0. The first-order valence-corrected chi connectivity index (χ1v) is 4.06. The Morgan fingerprint density at radius 2 is 2.38 bits per heavy atom. The molecule has 0 aromatic carbocycles. The maximum atomic E-state index is 10.1. The van der Waals surface area contributed by atoms with Crippen LogP contribution in [0.3, 0.4) is 0 Å². The van der Waals surface area contributed by atoms with Crippen molar-refractivity contribution in [3.8, 4) is 0 Å². The van der Waals surface area contributed by atoms with Crippen molar-refractivity contribution in [2.24, 2.45) is 0 Å². The molecule has 1 nitrogen and oxygen atoms in total. The van der Waals surface area contributed by atoms with Crippen molar-refractivity contribution in [2.45, 2.75) is 6.92 Å². The van der Waals surface area contributed by atoms with Crippen LogP contribution in [-0.2, 0) is 0 Å². The number of carbonyl (C=O) groups is 1. The summed E-state index contributed by atoms with van der Waals surface area (Å²) in [5.74, 6) is 0. The van der Waals surface area contributed by atoms with Gasteiger partial charge in [-0.15, -0.1) is 0 Å². The Morgan fingerprint density at radius 1 is 1.62 bits per heavy atom. The van der Waals surface area contributed by atoms with Crippen molar-refractivity contribution in [1.29, 1.82) is 0 Å². The van der Waals surface area contributed by atoms with E-state index >= 15 is 0 Å². The predicted octanol–water partition coefficient (Wildman–Crippen LogP) is 0.865. The van der Waals surface area contributed by atoms with Crippen molar-refractivity contribution in [3.05, 3.63) is 21.0 Å². The van der Waals surface area contributed by atoms with Gasteiger partial charge in [0.1, 0.15) is 0 Å². The summed E-state index contributed by atoms with van der Waals surface area (Å²) in [6.45, 7) is 2.05. The average molecular weight is 173 g/mol. The average Bonchev–Trinajstić information content (AvgIpc) is 2.14. The number of hydrogen-bond donors (Lipinski definition) is 0. The summed E-state index contributed by atoms with van der Waals surface area (Å²) < 4.78 is 2.29. The Hall–Kier alpha value is -0.331. The molecule has 0 aliphatic heterocycles. The summed E-state index contributed by atoms with van der Waals surface area (Å²) in [4.78, 5) is 10.1. The maximum absolute atomic E-state index is 10.1. The predicted molar refractivity (Wildman–Crippen MR) is 33.5 cm³/mol. The van der Waals surface area contributed by atoms with E-state index in [0.717, 1.165) is 10.7 Å². The fourth-order valence-corrected chi connectivity index (χ4v) is 1.97. The van der Waals surface area contributed by atoms with E-state index in [9.17, 15) is 4.79 Å². The van der Waals surface area contributed by atoms with Gasteiger partial charge in [-0.25, -0.2) is 0 Å². The van der Waals surface area contributed by atoms with E-state index in [0.29, 0.717) is 14.5 Å². The van der Waals surface area contributed by atoms with Gasteiger partial charge in [-0.2, -0.15) is 0 Å². The summed E-state index contributed by atoms with van der Waals surface area (Å²) in [6, 6.07) is 3.89. The van der Waals surface area contributed by atoms with Crippen LogP contribution in [0.2, 0.25) is 0 Å².